The summed E-state index contributed by atoms with van der Waals surface area (Å²) in [7, 11) is 0. The van der Waals surface area contributed by atoms with Crippen LogP contribution in [0.15, 0.2) is 23.3 Å². The second kappa shape index (κ2) is 10.2. The van der Waals surface area contributed by atoms with Crippen LogP contribution >= 0.6 is 0 Å². The van der Waals surface area contributed by atoms with Crippen molar-refractivity contribution in [3.05, 3.63) is 23.3 Å². The maximum Gasteiger partial charge on any atom is 0.189 e. The summed E-state index contributed by atoms with van der Waals surface area (Å²) in [6.07, 6.45) is 6.09. The zero-order chi connectivity index (χ0) is 23.0. The van der Waals surface area contributed by atoms with Gasteiger partial charge in [0.15, 0.2) is 12.6 Å². The van der Waals surface area contributed by atoms with E-state index in [4.69, 9.17) is 14.2 Å². The Morgan fingerprint density at radius 2 is 1.75 bits per heavy atom. The number of rotatable bonds is 6. The lowest BCUT2D eigenvalue weighted by molar-refractivity contribution is -0.304. The molecule has 6 heteroatoms. The first-order chi connectivity index (χ1) is 15.3. The minimum atomic E-state index is -1.29. The number of fused-ring (bicyclic) bond motifs is 3. The van der Waals surface area contributed by atoms with E-state index < -0.39 is 37.0 Å². The largest absolute Gasteiger partial charge is 0.387 e. The molecule has 4 aliphatic rings. The fourth-order valence-electron chi connectivity index (χ4n) is 6.24. The molecule has 182 valence electrons. The molecule has 0 amide bonds. The van der Waals surface area contributed by atoms with Crippen LogP contribution in [-0.2, 0) is 14.2 Å². The third kappa shape index (κ3) is 5.01. The molecule has 32 heavy (non-hydrogen) atoms. The maximum absolute atomic E-state index is 10.2. The second-order valence-electron chi connectivity index (χ2n) is 10.8. The van der Waals surface area contributed by atoms with E-state index in [9.17, 15) is 15.3 Å². The van der Waals surface area contributed by atoms with Gasteiger partial charge < -0.3 is 29.5 Å². The van der Waals surface area contributed by atoms with Crippen LogP contribution in [0.25, 0.3) is 0 Å². The van der Waals surface area contributed by atoms with Gasteiger partial charge in [-0.15, -0.1) is 0 Å². The summed E-state index contributed by atoms with van der Waals surface area (Å²) in [4.78, 5) is 0. The van der Waals surface area contributed by atoms with E-state index in [1.54, 1.807) is 11.1 Å². The first-order valence-corrected chi connectivity index (χ1v) is 12.6. The van der Waals surface area contributed by atoms with Crippen molar-refractivity contribution in [2.45, 2.75) is 103 Å². The number of ether oxygens (including phenoxy) is 3. The van der Waals surface area contributed by atoms with Gasteiger partial charge in [0.1, 0.15) is 24.4 Å². The molecule has 2 heterocycles. The molecule has 2 saturated heterocycles. The molecule has 0 aromatic carbocycles. The van der Waals surface area contributed by atoms with Gasteiger partial charge in [-0.2, -0.15) is 0 Å². The minimum Gasteiger partial charge on any atom is -0.387 e. The van der Waals surface area contributed by atoms with Gasteiger partial charge in [-0.05, 0) is 63.2 Å². The van der Waals surface area contributed by atoms with Crippen LogP contribution < -0.4 is 0 Å². The third-order valence-electron chi connectivity index (χ3n) is 8.46. The Hall–Kier alpha value is -0.760. The van der Waals surface area contributed by atoms with E-state index in [1.807, 2.05) is 0 Å². The smallest absolute Gasteiger partial charge is 0.189 e. The van der Waals surface area contributed by atoms with E-state index in [-0.39, 0.29) is 12.5 Å². The average molecular weight is 451 g/mol. The van der Waals surface area contributed by atoms with Crippen LogP contribution in [0, 0.1) is 29.6 Å². The van der Waals surface area contributed by atoms with Gasteiger partial charge in [0, 0.05) is 5.92 Å². The van der Waals surface area contributed by atoms with Crippen LogP contribution in [0.3, 0.4) is 0 Å². The molecule has 0 aromatic heterocycles. The molecule has 0 spiro atoms. The SMILES string of the molecule is CC1=C[C@H]2[C@H]([C@H](C)CCC[C@@H](C)C3OC[C@H]4O[C@@H](O3)[C@H](O)[C@@H](O)[C@@H]4O)CC=C(C)[C@H]2CC1. The molecule has 11 atom stereocenters. The summed E-state index contributed by atoms with van der Waals surface area (Å²) in [6.45, 7) is 9.26. The monoisotopic (exact) mass is 450 g/mol. The Labute approximate surface area is 192 Å². The van der Waals surface area contributed by atoms with Crippen molar-refractivity contribution < 1.29 is 29.5 Å². The number of aliphatic hydroxyl groups is 3. The summed E-state index contributed by atoms with van der Waals surface area (Å²) < 4.78 is 17.3. The maximum atomic E-state index is 10.2. The lowest BCUT2D eigenvalue weighted by Crippen LogP contribution is -2.58. The molecule has 6 nitrogen and oxygen atoms in total. The van der Waals surface area contributed by atoms with Crippen molar-refractivity contribution in [1.82, 2.24) is 0 Å². The van der Waals surface area contributed by atoms with Gasteiger partial charge in [-0.1, -0.05) is 50.0 Å². The van der Waals surface area contributed by atoms with Crippen LogP contribution in [0.4, 0.5) is 0 Å². The number of allylic oxidation sites excluding steroid dienone is 4. The lowest BCUT2D eigenvalue weighted by Gasteiger charge is -2.42. The number of hydrogen-bond acceptors (Lipinski definition) is 6. The number of hydrogen-bond donors (Lipinski definition) is 3. The Balaban J connectivity index is 1.29. The molecule has 2 aliphatic heterocycles. The van der Waals surface area contributed by atoms with Crippen molar-refractivity contribution in [2.24, 2.45) is 29.6 Å². The summed E-state index contributed by atoms with van der Waals surface area (Å²) >= 11 is 0. The zero-order valence-corrected chi connectivity index (χ0v) is 20.0. The van der Waals surface area contributed by atoms with E-state index in [1.165, 1.54) is 25.7 Å². The summed E-state index contributed by atoms with van der Waals surface area (Å²) in [6, 6.07) is 0. The van der Waals surface area contributed by atoms with Gasteiger partial charge in [0.25, 0.3) is 0 Å². The van der Waals surface area contributed by atoms with Gasteiger partial charge in [-0.3, -0.25) is 0 Å². The van der Waals surface area contributed by atoms with Crippen LogP contribution in [0.2, 0.25) is 0 Å². The first-order valence-electron chi connectivity index (χ1n) is 12.6. The van der Waals surface area contributed by atoms with Crippen molar-refractivity contribution in [2.75, 3.05) is 6.61 Å². The molecule has 2 bridgehead atoms. The molecule has 2 fully saturated rings. The summed E-state index contributed by atoms with van der Waals surface area (Å²) in [5, 5.41) is 30.3. The van der Waals surface area contributed by atoms with Gasteiger partial charge in [0.2, 0.25) is 0 Å². The molecule has 3 N–H and O–H groups in total. The van der Waals surface area contributed by atoms with Gasteiger partial charge in [0.05, 0.1) is 6.61 Å². The van der Waals surface area contributed by atoms with Crippen molar-refractivity contribution in [3.63, 3.8) is 0 Å². The molecule has 4 rings (SSSR count). The predicted octanol–water partition coefficient (Wildman–Crippen LogP) is 3.55. The molecular formula is C26H42O6. The Morgan fingerprint density at radius 3 is 2.53 bits per heavy atom. The third-order valence-corrected chi connectivity index (χ3v) is 8.46. The van der Waals surface area contributed by atoms with Crippen LogP contribution in [0.5, 0.6) is 0 Å². The molecule has 0 saturated carbocycles. The highest BCUT2D eigenvalue weighted by Crippen LogP contribution is 2.46. The van der Waals surface area contributed by atoms with Gasteiger partial charge in [-0.25, -0.2) is 0 Å². The highest BCUT2D eigenvalue weighted by molar-refractivity contribution is 5.21. The summed E-state index contributed by atoms with van der Waals surface area (Å²) in [5.41, 5.74) is 3.14. The fourth-order valence-corrected chi connectivity index (χ4v) is 6.24. The fraction of sp³-hybridized carbons (Fsp3) is 0.846. The summed E-state index contributed by atoms with van der Waals surface area (Å²) in [5.74, 6) is 2.91. The van der Waals surface area contributed by atoms with Crippen LogP contribution in [0.1, 0.15) is 66.2 Å². The highest BCUT2D eigenvalue weighted by atomic mass is 16.8. The zero-order valence-electron chi connectivity index (χ0n) is 20.0. The molecule has 1 unspecified atom stereocenters. The average Bonchev–Trinajstić information content (AvgIpc) is 2.98. The van der Waals surface area contributed by atoms with E-state index in [0.717, 1.165) is 18.8 Å². The lowest BCUT2D eigenvalue weighted by atomic mass is 9.63. The minimum absolute atomic E-state index is 0.129. The highest BCUT2D eigenvalue weighted by Gasteiger charge is 2.48. The molecule has 2 aliphatic carbocycles. The van der Waals surface area contributed by atoms with Gasteiger partial charge >= 0.3 is 0 Å². The number of aliphatic hydroxyl groups excluding tert-OH is 3. The standard InChI is InChI=1S/C26H42O6/c1-14-8-10-18-16(3)9-11-19(20(18)12-14)15(2)6-5-7-17(4)25-30-13-21-22(27)23(28)24(29)26(31-21)32-25/h9,12,15,17-29H,5-8,10-11,13H2,1-4H3/t15-,17-,18-,19+,20-,21-,22-,23+,24-,25?,26+/m1/s1. The van der Waals surface area contributed by atoms with E-state index in [2.05, 4.69) is 39.8 Å². The van der Waals surface area contributed by atoms with Crippen molar-refractivity contribution in [1.29, 1.82) is 0 Å². The van der Waals surface area contributed by atoms with Crippen molar-refractivity contribution in [3.8, 4) is 0 Å². The second-order valence-corrected chi connectivity index (χ2v) is 10.8. The predicted molar refractivity (Wildman–Crippen MR) is 122 cm³/mol. The van der Waals surface area contributed by atoms with E-state index >= 15 is 0 Å². The molecule has 0 aromatic rings. The van der Waals surface area contributed by atoms with E-state index in [0.29, 0.717) is 17.8 Å². The molecular weight excluding hydrogens is 408 g/mol. The first kappa shape index (κ1) is 24.4. The Bertz CT molecular complexity index is 702. The Kier molecular flexibility index (Phi) is 7.80. The quantitative estimate of drug-likeness (QED) is 0.537. The van der Waals surface area contributed by atoms with Crippen molar-refractivity contribution >= 4 is 0 Å². The van der Waals surface area contributed by atoms with Crippen LogP contribution in [-0.4, -0.2) is 58.9 Å². The molecule has 0 radical (unpaired) electrons. The normalized spacial score (nSPS) is 44.0. The topological polar surface area (TPSA) is 88.4 Å². The Morgan fingerprint density at radius 1 is 1.00 bits per heavy atom.